The first kappa shape index (κ1) is 15.2. The number of benzene rings is 1. The fourth-order valence-corrected chi connectivity index (χ4v) is 1.51. The Hall–Kier alpha value is -1.81. The molecule has 4 nitrogen and oxygen atoms in total. The molecule has 104 valence electrons. The monoisotopic (exact) mass is 262 g/mol. The zero-order valence-corrected chi connectivity index (χ0v) is 11.7. The fourth-order valence-electron chi connectivity index (χ4n) is 1.51. The third kappa shape index (κ3) is 6.06. The highest BCUT2D eigenvalue weighted by molar-refractivity contribution is 5.75. The summed E-state index contributed by atoms with van der Waals surface area (Å²) in [6.45, 7) is 5.56. The van der Waals surface area contributed by atoms with Gasteiger partial charge in [-0.05, 0) is 17.7 Å². The van der Waals surface area contributed by atoms with Gasteiger partial charge in [0, 0.05) is 33.6 Å². The Morgan fingerprint density at radius 1 is 1.37 bits per heavy atom. The minimum atomic E-state index is 0.140. The third-order valence-electron chi connectivity index (χ3n) is 2.63. The van der Waals surface area contributed by atoms with Gasteiger partial charge in [0.05, 0.1) is 0 Å². The van der Waals surface area contributed by atoms with Gasteiger partial charge < -0.3 is 15.0 Å². The van der Waals surface area contributed by atoms with Crippen molar-refractivity contribution in [3.63, 3.8) is 0 Å². The summed E-state index contributed by atoms with van der Waals surface area (Å²) in [5.41, 5.74) is 1.17. The Morgan fingerprint density at radius 2 is 2.05 bits per heavy atom. The molecule has 4 heteroatoms. The quantitative estimate of drug-likeness (QED) is 0.574. The topological polar surface area (TPSA) is 41.6 Å². The number of hydrogen-bond donors (Lipinski definition) is 1. The molecule has 1 amide bonds. The van der Waals surface area contributed by atoms with Crippen molar-refractivity contribution in [2.45, 2.75) is 13.0 Å². The Labute approximate surface area is 115 Å². The van der Waals surface area contributed by atoms with Gasteiger partial charge in [-0.1, -0.05) is 24.8 Å². The highest BCUT2D eigenvalue weighted by atomic mass is 16.5. The summed E-state index contributed by atoms with van der Waals surface area (Å²) < 4.78 is 5.40. The predicted molar refractivity (Wildman–Crippen MR) is 77.2 cm³/mol. The Bertz CT molecular complexity index is 399. The normalized spacial score (nSPS) is 10.0. The molecule has 0 aromatic heterocycles. The standard InChI is InChI=1S/C15H22N2O2/c1-4-11-19-14-7-5-13(6-8-14)12-16-10-9-15(18)17(2)3/h4-8,16H,1,9-12H2,2-3H3. The molecular weight excluding hydrogens is 240 g/mol. The molecule has 0 unspecified atom stereocenters. The van der Waals surface area contributed by atoms with E-state index < -0.39 is 0 Å². The second-order valence-corrected chi connectivity index (χ2v) is 4.46. The van der Waals surface area contributed by atoms with Gasteiger partial charge in [-0.3, -0.25) is 4.79 Å². The van der Waals surface area contributed by atoms with E-state index in [-0.39, 0.29) is 5.91 Å². The molecular formula is C15H22N2O2. The van der Waals surface area contributed by atoms with Crippen LogP contribution in [-0.2, 0) is 11.3 Å². The van der Waals surface area contributed by atoms with Crippen molar-refractivity contribution >= 4 is 5.91 Å². The van der Waals surface area contributed by atoms with Crippen LogP contribution in [-0.4, -0.2) is 38.1 Å². The van der Waals surface area contributed by atoms with Crippen LogP contribution >= 0.6 is 0 Å². The second kappa shape index (κ2) is 8.32. The number of carbonyl (C=O) groups excluding carboxylic acids is 1. The molecule has 1 aromatic carbocycles. The molecule has 0 fully saturated rings. The van der Waals surface area contributed by atoms with Crippen LogP contribution in [0.4, 0.5) is 0 Å². The van der Waals surface area contributed by atoms with Crippen molar-refractivity contribution in [3.8, 4) is 5.75 Å². The maximum Gasteiger partial charge on any atom is 0.223 e. The van der Waals surface area contributed by atoms with Gasteiger partial charge in [0.1, 0.15) is 12.4 Å². The second-order valence-electron chi connectivity index (χ2n) is 4.46. The van der Waals surface area contributed by atoms with Crippen molar-refractivity contribution in [3.05, 3.63) is 42.5 Å². The van der Waals surface area contributed by atoms with E-state index in [4.69, 9.17) is 4.74 Å². The SMILES string of the molecule is C=CCOc1ccc(CNCCC(=O)N(C)C)cc1. The molecule has 0 radical (unpaired) electrons. The third-order valence-corrected chi connectivity index (χ3v) is 2.63. The molecule has 0 aliphatic rings. The molecule has 1 rings (SSSR count). The number of nitrogens with one attached hydrogen (secondary N) is 1. The smallest absolute Gasteiger partial charge is 0.223 e. The molecule has 0 saturated heterocycles. The van der Waals surface area contributed by atoms with Gasteiger partial charge in [0.15, 0.2) is 0 Å². The summed E-state index contributed by atoms with van der Waals surface area (Å²) in [6, 6.07) is 7.90. The van der Waals surface area contributed by atoms with E-state index in [1.807, 2.05) is 24.3 Å². The Balaban J connectivity index is 2.26. The van der Waals surface area contributed by atoms with Gasteiger partial charge in [0.25, 0.3) is 0 Å². The van der Waals surface area contributed by atoms with E-state index in [1.165, 1.54) is 5.56 Å². The van der Waals surface area contributed by atoms with Crippen LogP contribution in [0.25, 0.3) is 0 Å². The Morgan fingerprint density at radius 3 is 2.63 bits per heavy atom. The van der Waals surface area contributed by atoms with Crippen LogP contribution in [0.2, 0.25) is 0 Å². The first-order valence-electron chi connectivity index (χ1n) is 6.37. The molecule has 0 atom stereocenters. The summed E-state index contributed by atoms with van der Waals surface area (Å²) in [5.74, 6) is 0.979. The van der Waals surface area contributed by atoms with Crippen LogP contribution in [0.15, 0.2) is 36.9 Å². The van der Waals surface area contributed by atoms with Crippen molar-refractivity contribution in [1.29, 1.82) is 0 Å². The van der Waals surface area contributed by atoms with E-state index in [0.717, 1.165) is 12.3 Å². The highest BCUT2D eigenvalue weighted by Gasteiger charge is 2.02. The van der Waals surface area contributed by atoms with Crippen LogP contribution in [0.3, 0.4) is 0 Å². The molecule has 0 heterocycles. The van der Waals surface area contributed by atoms with Crippen LogP contribution in [0, 0.1) is 0 Å². The minimum absolute atomic E-state index is 0.140. The van der Waals surface area contributed by atoms with Crippen LogP contribution in [0.5, 0.6) is 5.75 Å². The molecule has 0 aliphatic carbocycles. The molecule has 0 aliphatic heterocycles. The zero-order chi connectivity index (χ0) is 14.1. The van der Waals surface area contributed by atoms with Gasteiger partial charge in [-0.15, -0.1) is 0 Å². The van der Waals surface area contributed by atoms with E-state index >= 15 is 0 Å². The molecule has 0 saturated carbocycles. The molecule has 0 bridgehead atoms. The van der Waals surface area contributed by atoms with Crippen LogP contribution < -0.4 is 10.1 Å². The lowest BCUT2D eigenvalue weighted by molar-refractivity contribution is -0.128. The summed E-state index contributed by atoms with van der Waals surface area (Å²) >= 11 is 0. The number of amides is 1. The lowest BCUT2D eigenvalue weighted by Crippen LogP contribution is -2.26. The van der Waals surface area contributed by atoms with Gasteiger partial charge in [0.2, 0.25) is 5.91 Å². The van der Waals surface area contributed by atoms with Crippen molar-refractivity contribution in [2.75, 3.05) is 27.2 Å². The predicted octanol–water partition coefficient (Wildman–Crippen LogP) is 1.82. The fraction of sp³-hybridized carbons (Fsp3) is 0.400. The summed E-state index contributed by atoms with van der Waals surface area (Å²) in [5, 5.41) is 3.25. The summed E-state index contributed by atoms with van der Waals surface area (Å²) in [7, 11) is 3.54. The van der Waals surface area contributed by atoms with Gasteiger partial charge in [-0.2, -0.15) is 0 Å². The molecule has 1 N–H and O–H groups in total. The summed E-state index contributed by atoms with van der Waals surface area (Å²) in [4.78, 5) is 13.0. The van der Waals surface area contributed by atoms with E-state index in [9.17, 15) is 4.79 Å². The zero-order valence-electron chi connectivity index (χ0n) is 11.7. The summed E-state index contributed by atoms with van der Waals surface area (Å²) in [6.07, 6.45) is 2.24. The van der Waals surface area contributed by atoms with Crippen molar-refractivity contribution < 1.29 is 9.53 Å². The Kier molecular flexibility index (Phi) is 6.68. The van der Waals surface area contributed by atoms with E-state index in [0.29, 0.717) is 19.6 Å². The lowest BCUT2D eigenvalue weighted by Gasteiger charge is -2.10. The van der Waals surface area contributed by atoms with Gasteiger partial charge >= 0.3 is 0 Å². The van der Waals surface area contributed by atoms with Crippen molar-refractivity contribution in [2.24, 2.45) is 0 Å². The largest absolute Gasteiger partial charge is 0.490 e. The molecule has 1 aromatic rings. The average Bonchev–Trinajstić information content (AvgIpc) is 2.42. The molecule has 19 heavy (non-hydrogen) atoms. The van der Waals surface area contributed by atoms with E-state index in [1.54, 1.807) is 25.1 Å². The number of hydrogen-bond acceptors (Lipinski definition) is 3. The van der Waals surface area contributed by atoms with Crippen LogP contribution in [0.1, 0.15) is 12.0 Å². The maximum atomic E-state index is 11.4. The minimum Gasteiger partial charge on any atom is -0.490 e. The number of nitrogens with zero attached hydrogens (tertiary/aromatic N) is 1. The number of rotatable bonds is 8. The van der Waals surface area contributed by atoms with E-state index in [2.05, 4.69) is 11.9 Å². The number of ether oxygens (including phenoxy) is 1. The highest BCUT2D eigenvalue weighted by Crippen LogP contribution is 2.11. The first-order valence-corrected chi connectivity index (χ1v) is 6.37. The lowest BCUT2D eigenvalue weighted by atomic mass is 10.2. The first-order chi connectivity index (χ1) is 9.13. The maximum absolute atomic E-state index is 11.4. The van der Waals surface area contributed by atoms with Gasteiger partial charge in [-0.25, -0.2) is 0 Å². The van der Waals surface area contributed by atoms with Crippen molar-refractivity contribution in [1.82, 2.24) is 10.2 Å². The molecule has 0 spiro atoms. The number of carbonyl (C=O) groups is 1. The average molecular weight is 262 g/mol.